The molecule has 4 fully saturated rings. The fourth-order valence-electron chi connectivity index (χ4n) is 10.8. The van der Waals surface area contributed by atoms with Crippen molar-refractivity contribution in [2.45, 2.75) is 149 Å². The summed E-state index contributed by atoms with van der Waals surface area (Å²) in [5.74, 6) is 5.66. The lowest BCUT2D eigenvalue weighted by atomic mass is 9.47. The molecule has 6 heteroatoms. The third-order valence-electron chi connectivity index (χ3n) is 13.5. The molecule has 0 aromatic carbocycles. The largest absolute Gasteiger partial charge is 0.394 e. The average molecular weight is 577 g/mol. The van der Waals surface area contributed by atoms with Crippen LogP contribution in [0.4, 0.5) is 0 Å². The van der Waals surface area contributed by atoms with E-state index in [2.05, 4.69) is 47.6 Å². The van der Waals surface area contributed by atoms with Gasteiger partial charge in [-0.3, -0.25) is 0 Å². The molecule has 5 rings (SSSR count). The molecule has 236 valence electrons. The Hall–Kier alpha value is -0.500. The van der Waals surface area contributed by atoms with Crippen molar-refractivity contribution < 1.29 is 29.9 Å². The highest BCUT2D eigenvalue weighted by atomic mass is 16.7. The third-order valence-corrected chi connectivity index (χ3v) is 13.5. The molecule has 4 aliphatic carbocycles. The van der Waals surface area contributed by atoms with Crippen LogP contribution in [0, 0.1) is 52.3 Å². The summed E-state index contributed by atoms with van der Waals surface area (Å²) in [6.07, 6.45) is 9.92. The quantitative estimate of drug-likeness (QED) is 0.257. The van der Waals surface area contributed by atoms with Crippen molar-refractivity contribution in [1.29, 1.82) is 0 Å². The molecule has 0 radical (unpaired) electrons. The van der Waals surface area contributed by atoms with E-state index in [0.717, 1.165) is 60.7 Å². The van der Waals surface area contributed by atoms with E-state index in [1.807, 2.05) is 0 Å². The highest BCUT2D eigenvalue weighted by Gasteiger charge is 2.59. The minimum absolute atomic E-state index is 0.101. The van der Waals surface area contributed by atoms with Crippen molar-refractivity contribution >= 4 is 0 Å². The summed E-state index contributed by atoms with van der Waals surface area (Å²) in [7, 11) is 0. The van der Waals surface area contributed by atoms with E-state index in [-0.39, 0.29) is 11.5 Å². The number of aliphatic hydroxyl groups is 4. The normalized spacial score (nSPS) is 47.7. The van der Waals surface area contributed by atoms with Gasteiger partial charge in [-0.25, -0.2) is 0 Å². The van der Waals surface area contributed by atoms with Gasteiger partial charge in [-0.15, -0.1) is 0 Å². The fourth-order valence-corrected chi connectivity index (χ4v) is 10.8. The highest BCUT2D eigenvalue weighted by Crippen LogP contribution is 2.67. The summed E-state index contributed by atoms with van der Waals surface area (Å²) in [5.41, 5.74) is 2.19. The topological polar surface area (TPSA) is 99.4 Å². The van der Waals surface area contributed by atoms with Crippen LogP contribution in [0.3, 0.4) is 0 Å². The summed E-state index contributed by atoms with van der Waals surface area (Å²) < 4.78 is 11.9. The first-order chi connectivity index (χ1) is 19.4. The summed E-state index contributed by atoms with van der Waals surface area (Å²) in [6, 6.07) is 0. The van der Waals surface area contributed by atoms with Crippen LogP contribution in [0.5, 0.6) is 0 Å². The van der Waals surface area contributed by atoms with Crippen molar-refractivity contribution in [2.24, 2.45) is 52.3 Å². The van der Waals surface area contributed by atoms with Crippen LogP contribution in [0.25, 0.3) is 0 Å². The lowest BCUT2D eigenvalue weighted by molar-refractivity contribution is -0.313. The molecule has 0 bridgehead atoms. The van der Waals surface area contributed by atoms with E-state index in [9.17, 15) is 20.4 Å². The second-order valence-electron chi connectivity index (χ2n) is 15.7. The molecule has 0 aromatic heterocycles. The predicted octanol–water partition coefficient (Wildman–Crippen LogP) is 5.85. The van der Waals surface area contributed by atoms with Gasteiger partial charge in [-0.2, -0.15) is 0 Å². The molecular weight excluding hydrogens is 516 g/mol. The van der Waals surface area contributed by atoms with E-state index >= 15 is 0 Å². The van der Waals surface area contributed by atoms with E-state index < -0.39 is 37.3 Å². The maximum Gasteiger partial charge on any atom is 0.186 e. The Bertz CT molecular complexity index is 918. The molecule has 1 heterocycles. The number of hydrogen-bond donors (Lipinski definition) is 4. The van der Waals surface area contributed by atoms with Gasteiger partial charge in [-0.05, 0) is 110 Å². The average Bonchev–Trinajstić information content (AvgIpc) is 3.30. The van der Waals surface area contributed by atoms with Gasteiger partial charge in [0.05, 0.1) is 12.7 Å². The Balaban J connectivity index is 1.24. The molecule has 9 unspecified atom stereocenters. The molecule has 0 amide bonds. The van der Waals surface area contributed by atoms with Crippen LogP contribution in [0.2, 0.25) is 0 Å². The van der Waals surface area contributed by atoms with Crippen LogP contribution >= 0.6 is 0 Å². The standard InChI is InChI=1S/C35H60O6/c1-7-22(20(2)3)9-8-21(4)26-12-13-27-25-11-10-23-18-24(14-16-34(23,5)28(25)15-17-35(26,27)6)40-33-32(39)31(38)30(37)29(19-36)41-33/h10,20-22,24-33,36-39H,7-9,11-19H2,1-6H3/t21?,22?,24?,25?,26?,27?,28?,29-,30-,31-,32-,33-,34?,35?/m1/s1. The van der Waals surface area contributed by atoms with Crippen molar-refractivity contribution in [2.75, 3.05) is 6.61 Å². The lowest BCUT2D eigenvalue weighted by Gasteiger charge is -2.58. The number of fused-ring (bicyclic) bond motifs is 5. The molecule has 14 atom stereocenters. The zero-order chi connectivity index (χ0) is 29.7. The second-order valence-corrected chi connectivity index (χ2v) is 15.7. The van der Waals surface area contributed by atoms with Gasteiger partial charge >= 0.3 is 0 Å². The maximum absolute atomic E-state index is 10.5. The summed E-state index contributed by atoms with van der Waals surface area (Å²) in [4.78, 5) is 0. The SMILES string of the molecule is CCC(CCC(C)C1CCC2C3CC=C4CC(O[C@@H]5O[C@H](CO)[C@@H](O)[C@@H](O)[C@H]5O)CCC4(C)C3CCC12C)C(C)C. The number of allylic oxidation sites excluding steroid dienone is 1. The minimum atomic E-state index is -1.40. The fraction of sp³-hybridized carbons (Fsp3) is 0.943. The smallest absolute Gasteiger partial charge is 0.186 e. The van der Waals surface area contributed by atoms with Crippen molar-refractivity contribution in [3.8, 4) is 0 Å². The molecular formula is C35H60O6. The molecule has 1 aliphatic heterocycles. The van der Waals surface area contributed by atoms with Gasteiger partial charge in [0.2, 0.25) is 0 Å². The lowest BCUT2D eigenvalue weighted by Crippen LogP contribution is -2.60. The number of hydrogen-bond acceptors (Lipinski definition) is 6. The Morgan fingerprint density at radius 1 is 0.951 bits per heavy atom. The maximum atomic E-state index is 10.5. The molecule has 1 saturated heterocycles. The van der Waals surface area contributed by atoms with Gasteiger partial charge in [0.1, 0.15) is 24.4 Å². The predicted molar refractivity (Wildman–Crippen MR) is 161 cm³/mol. The molecule has 5 aliphatic rings. The summed E-state index contributed by atoms with van der Waals surface area (Å²) in [6.45, 7) is 14.5. The van der Waals surface area contributed by atoms with Crippen LogP contribution in [0.15, 0.2) is 11.6 Å². The van der Waals surface area contributed by atoms with Crippen molar-refractivity contribution in [1.82, 2.24) is 0 Å². The van der Waals surface area contributed by atoms with Crippen LogP contribution < -0.4 is 0 Å². The Morgan fingerprint density at radius 3 is 2.39 bits per heavy atom. The zero-order valence-corrected chi connectivity index (χ0v) is 26.7. The van der Waals surface area contributed by atoms with Gasteiger partial charge in [0, 0.05) is 0 Å². The molecule has 6 nitrogen and oxygen atoms in total. The number of ether oxygens (including phenoxy) is 2. The molecule has 0 spiro atoms. The first-order valence-corrected chi connectivity index (χ1v) is 17.1. The minimum Gasteiger partial charge on any atom is -0.394 e. The monoisotopic (exact) mass is 576 g/mol. The van der Waals surface area contributed by atoms with Gasteiger partial charge in [-0.1, -0.05) is 66.0 Å². The van der Waals surface area contributed by atoms with E-state index in [0.29, 0.717) is 5.41 Å². The summed E-state index contributed by atoms with van der Waals surface area (Å²) in [5, 5.41) is 40.4. The number of rotatable bonds is 9. The van der Waals surface area contributed by atoms with Crippen LogP contribution in [0.1, 0.15) is 112 Å². The first-order valence-electron chi connectivity index (χ1n) is 17.1. The zero-order valence-electron chi connectivity index (χ0n) is 26.7. The van der Waals surface area contributed by atoms with E-state index in [1.165, 1.54) is 56.9 Å². The van der Waals surface area contributed by atoms with Crippen LogP contribution in [-0.2, 0) is 9.47 Å². The first kappa shape index (κ1) is 31.9. The Kier molecular flexibility index (Phi) is 9.71. The number of aliphatic hydroxyl groups excluding tert-OH is 4. The summed E-state index contributed by atoms with van der Waals surface area (Å²) >= 11 is 0. The molecule has 0 aromatic rings. The van der Waals surface area contributed by atoms with E-state index in [1.54, 1.807) is 0 Å². The molecule has 3 saturated carbocycles. The van der Waals surface area contributed by atoms with Gasteiger partial charge in [0.15, 0.2) is 6.29 Å². The molecule has 41 heavy (non-hydrogen) atoms. The van der Waals surface area contributed by atoms with Crippen molar-refractivity contribution in [3.63, 3.8) is 0 Å². The third kappa shape index (κ3) is 5.73. The Morgan fingerprint density at radius 2 is 1.71 bits per heavy atom. The van der Waals surface area contributed by atoms with E-state index in [4.69, 9.17) is 9.47 Å². The highest BCUT2D eigenvalue weighted by molar-refractivity contribution is 5.25. The van der Waals surface area contributed by atoms with Gasteiger partial charge < -0.3 is 29.9 Å². The Labute approximate surface area is 249 Å². The van der Waals surface area contributed by atoms with Crippen LogP contribution in [-0.4, -0.2) is 63.8 Å². The van der Waals surface area contributed by atoms with Crippen molar-refractivity contribution in [3.05, 3.63) is 11.6 Å². The second kappa shape index (κ2) is 12.5. The van der Waals surface area contributed by atoms with Gasteiger partial charge in [0.25, 0.3) is 0 Å². The molecule has 4 N–H and O–H groups in total.